The molecule has 0 saturated heterocycles. The fraction of sp³-hybridized carbons (Fsp3) is 0.611. The van der Waals surface area contributed by atoms with Crippen molar-refractivity contribution in [2.75, 3.05) is 33.2 Å². The Labute approximate surface area is 188 Å². The standard InChI is InChI=1S/C18H31N5O3S.HI/c1-18(2,3)26-17(25)23-12-7-11-22-16(19-4)21-10-6-9-20-15(24)14-8-5-13-27-14;/h5,8,13H,6-7,9-12H2,1-4H3,(H,20,24)(H,23,25)(H2,19,21,22);1H. The molecule has 0 aliphatic heterocycles. The summed E-state index contributed by atoms with van der Waals surface area (Å²) >= 11 is 1.43. The van der Waals surface area contributed by atoms with Crippen LogP contribution in [0.4, 0.5) is 4.79 Å². The Hall–Kier alpha value is -1.56. The van der Waals surface area contributed by atoms with Gasteiger partial charge in [-0.3, -0.25) is 9.79 Å². The van der Waals surface area contributed by atoms with E-state index in [1.165, 1.54) is 11.3 Å². The predicted octanol–water partition coefficient (Wildman–Crippen LogP) is 2.57. The van der Waals surface area contributed by atoms with E-state index in [1.807, 2.05) is 38.3 Å². The molecular formula is C18H32IN5O3S. The van der Waals surface area contributed by atoms with Crippen molar-refractivity contribution in [3.05, 3.63) is 22.4 Å². The number of rotatable bonds is 9. The largest absolute Gasteiger partial charge is 0.444 e. The molecule has 4 N–H and O–H groups in total. The van der Waals surface area contributed by atoms with E-state index in [0.29, 0.717) is 32.1 Å². The van der Waals surface area contributed by atoms with Gasteiger partial charge in [-0.1, -0.05) is 6.07 Å². The normalized spacial score (nSPS) is 11.2. The number of guanidine groups is 1. The zero-order chi connectivity index (χ0) is 20.1. The van der Waals surface area contributed by atoms with Crippen LogP contribution in [-0.4, -0.2) is 56.8 Å². The number of halogens is 1. The third-order valence-corrected chi connectivity index (χ3v) is 4.08. The van der Waals surface area contributed by atoms with Crippen LogP contribution < -0.4 is 21.3 Å². The van der Waals surface area contributed by atoms with E-state index in [-0.39, 0.29) is 29.9 Å². The lowest BCUT2D eigenvalue weighted by molar-refractivity contribution is 0.0527. The van der Waals surface area contributed by atoms with Crippen LogP contribution in [-0.2, 0) is 4.74 Å². The van der Waals surface area contributed by atoms with Gasteiger partial charge in [0.1, 0.15) is 5.60 Å². The van der Waals surface area contributed by atoms with Crippen molar-refractivity contribution in [3.63, 3.8) is 0 Å². The number of alkyl carbamates (subject to hydrolysis) is 1. The minimum atomic E-state index is -0.489. The van der Waals surface area contributed by atoms with Gasteiger partial charge in [0.15, 0.2) is 5.96 Å². The van der Waals surface area contributed by atoms with Crippen molar-refractivity contribution in [3.8, 4) is 0 Å². The van der Waals surface area contributed by atoms with Gasteiger partial charge in [0, 0.05) is 33.2 Å². The van der Waals surface area contributed by atoms with Crippen LogP contribution in [0.15, 0.2) is 22.5 Å². The molecule has 1 aromatic heterocycles. The summed E-state index contributed by atoms with van der Waals surface area (Å²) < 4.78 is 5.17. The first-order valence-corrected chi connectivity index (χ1v) is 9.93. The summed E-state index contributed by atoms with van der Waals surface area (Å²) in [7, 11) is 1.70. The molecule has 0 aliphatic rings. The molecule has 0 saturated carbocycles. The smallest absolute Gasteiger partial charge is 0.407 e. The summed E-state index contributed by atoms with van der Waals surface area (Å²) in [5.41, 5.74) is -0.489. The molecule has 0 radical (unpaired) electrons. The molecule has 1 aromatic rings. The SMILES string of the molecule is CN=C(NCCCNC(=O)OC(C)(C)C)NCCCNC(=O)c1cccs1.I. The van der Waals surface area contributed by atoms with Gasteiger partial charge in [0.25, 0.3) is 5.91 Å². The van der Waals surface area contributed by atoms with Crippen LogP contribution in [0.25, 0.3) is 0 Å². The predicted molar refractivity (Wildman–Crippen MR) is 125 cm³/mol. The number of ether oxygens (including phenoxy) is 1. The summed E-state index contributed by atoms with van der Waals surface area (Å²) in [6.07, 6.45) is 1.13. The molecule has 0 spiro atoms. The lowest BCUT2D eigenvalue weighted by atomic mass is 10.2. The van der Waals surface area contributed by atoms with Crippen molar-refractivity contribution in [1.82, 2.24) is 21.3 Å². The summed E-state index contributed by atoms with van der Waals surface area (Å²) in [4.78, 5) is 28.2. The zero-order valence-corrected chi connectivity index (χ0v) is 20.1. The van der Waals surface area contributed by atoms with E-state index in [1.54, 1.807) is 7.05 Å². The first kappa shape index (κ1) is 26.4. The van der Waals surface area contributed by atoms with Gasteiger partial charge >= 0.3 is 6.09 Å². The van der Waals surface area contributed by atoms with Crippen molar-refractivity contribution in [2.45, 2.75) is 39.2 Å². The first-order chi connectivity index (χ1) is 12.8. The maximum atomic E-state index is 11.8. The quantitative estimate of drug-likeness (QED) is 0.172. The van der Waals surface area contributed by atoms with Gasteiger partial charge in [-0.05, 0) is 45.1 Å². The fourth-order valence-corrected chi connectivity index (χ4v) is 2.65. The molecule has 8 nitrogen and oxygen atoms in total. The molecule has 0 fully saturated rings. The van der Waals surface area contributed by atoms with Crippen LogP contribution in [0.2, 0.25) is 0 Å². The lowest BCUT2D eigenvalue weighted by Gasteiger charge is -2.19. The van der Waals surface area contributed by atoms with Crippen molar-refractivity contribution >= 4 is 53.3 Å². The maximum Gasteiger partial charge on any atom is 0.407 e. The fourth-order valence-electron chi connectivity index (χ4n) is 2.01. The van der Waals surface area contributed by atoms with Crippen LogP contribution in [0.3, 0.4) is 0 Å². The Morgan fingerprint density at radius 2 is 1.61 bits per heavy atom. The van der Waals surface area contributed by atoms with E-state index in [0.717, 1.165) is 17.7 Å². The van der Waals surface area contributed by atoms with Crippen LogP contribution >= 0.6 is 35.3 Å². The van der Waals surface area contributed by atoms with Gasteiger partial charge in [0.05, 0.1) is 4.88 Å². The molecule has 0 aliphatic carbocycles. The first-order valence-electron chi connectivity index (χ1n) is 9.05. The molecule has 10 heteroatoms. The second-order valence-electron chi connectivity index (χ2n) is 6.79. The molecule has 0 aromatic carbocycles. The molecule has 160 valence electrons. The van der Waals surface area contributed by atoms with Gasteiger partial charge in [-0.2, -0.15) is 0 Å². The topological polar surface area (TPSA) is 104 Å². The Morgan fingerprint density at radius 1 is 1.04 bits per heavy atom. The third kappa shape index (κ3) is 12.8. The highest BCUT2D eigenvalue weighted by atomic mass is 127. The van der Waals surface area contributed by atoms with E-state index in [2.05, 4.69) is 26.3 Å². The highest BCUT2D eigenvalue weighted by Gasteiger charge is 2.15. The highest BCUT2D eigenvalue weighted by molar-refractivity contribution is 14.0. The number of thiophene rings is 1. The second-order valence-corrected chi connectivity index (χ2v) is 7.74. The zero-order valence-electron chi connectivity index (χ0n) is 17.0. The summed E-state index contributed by atoms with van der Waals surface area (Å²) in [5.74, 6) is 0.654. The van der Waals surface area contributed by atoms with E-state index < -0.39 is 11.7 Å². The van der Waals surface area contributed by atoms with Crippen molar-refractivity contribution < 1.29 is 14.3 Å². The minimum Gasteiger partial charge on any atom is -0.444 e. The van der Waals surface area contributed by atoms with E-state index in [4.69, 9.17) is 4.74 Å². The molecule has 2 amide bonds. The average Bonchev–Trinajstić information content (AvgIpc) is 3.12. The average molecular weight is 525 g/mol. The second kappa shape index (κ2) is 14.4. The van der Waals surface area contributed by atoms with Crippen LogP contribution in [0, 0.1) is 0 Å². The Kier molecular flexibility index (Phi) is 13.6. The molecule has 0 unspecified atom stereocenters. The number of hydrogen-bond donors (Lipinski definition) is 4. The maximum absolute atomic E-state index is 11.8. The number of nitrogens with zero attached hydrogens (tertiary/aromatic N) is 1. The molecule has 0 atom stereocenters. The lowest BCUT2D eigenvalue weighted by Crippen LogP contribution is -2.40. The van der Waals surface area contributed by atoms with E-state index in [9.17, 15) is 9.59 Å². The van der Waals surface area contributed by atoms with Gasteiger partial charge < -0.3 is 26.0 Å². The number of carbonyl (C=O) groups excluding carboxylic acids is 2. The van der Waals surface area contributed by atoms with Crippen molar-refractivity contribution in [2.24, 2.45) is 4.99 Å². The number of amides is 2. The Bertz CT molecular complexity index is 603. The Morgan fingerprint density at radius 3 is 2.11 bits per heavy atom. The molecule has 1 heterocycles. The summed E-state index contributed by atoms with van der Waals surface area (Å²) in [6, 6.07) is 3.67. The van der Waals surface area contributed by atoms with E-state index >= 15 is 0 Å². The van der Waals surface area contributed by atoms with Gasteiger partial charge in [0.2, 0.25) is 0 Å². The molecule has 0 bridgehead atoms. The number of nitrogens with one attached hydrogen (secondary N) is 4. The number of hydrogen-bond acceptors (Lipinski definition) is 5. The van der Waals surface area contributed by atoms with Gasteiger partial charge in [-0.25, -0.2) is 4.79 Å². The van der Waals surface area contributed by atoms with Gasteiger partial charge in [-0.15, -0.1) is 35.3 Å². The highest BCUT2D eigenvalue weighted by Crippen LogP contribution is 2.07. The number of aliphatic imine (C=N–C) groups is 1. The molecule has 1 rings (SSSR count). The summed E-state index contributed by atoms with van der Waals surface area (Å²) in [6.45, 7) is 7.98. The Balaban J connectivity index is 0.00000729. The van der Waals surface area contributed by atoms with Crippen molar-refractivity contribution in [1.29, 1.82) is 0 Å². The minimum absolute atomic E-state index is 0. The molecule has 28 heavy (non-hydrogen) atoms. The molecular weight excluding hydrogens is 493 g/mol. The third-order valence-electron chi connectivity index (χ3n) is 3.21. The summed E-state index contributed by atoms with van der Waals surface area (Å²) in [5, 5.41) is 13.8. The monoisotopic (exact) mass is 525 g/mol. The van der Waals surface area contributed by atoms with Crippen LogP contribution in [0.1, 0.15) is 43.3 Å². The number of carbonyl (C=O) groups is 2. The van der Waals surface area contributed by atoms with Crippen LogP contribution in [0.5, 0.6) is 0 Å².